The lowest BCUT2D eigenvalue weighted by molar-refractivity contribution is -0.133. The van der Waals surface area contributed by atoms with Crippen molar-refractivity contribution in [2.45, 2.75) is 37.9 Å². The molecule has 1 fully saturated rings. The number of rotatable bonds is 9. The number of nitrogens with zero attached hydrogens (tertiary/aromatic N) is 2. The van der Waals surface area contributed by atoms with Crippen LogP contribution < -0.4 is 21.7 Å². The molecule has 0 radical (unpaired) electrons. The number of carbonyl (C=O) groups is 2. The molecular weight excluding hydrogens is 519 g/mol. The van der Waals surface area contributed by atoms with Crippen molar-refractivity contribution in [3.8, 4) is 0 Å². The van der Waals surface area contributed by atoms with E-state index in [9.17, 15) is 14.0 Å². The Bertz CT molecular complexity index is 1330. The number of hydrogen-bond donors (Lipinski definition) is 4. The first-order valence-electron chi connectivity index (χ1n) is 13.1. The number of nitrogens with two attached hydrogens (primary N) is 1. The van der Waals surface area contributed by atoms with Crippen molar-refractivity contribution in [3.63, 3.8) is 0 Å². The SMILES string of the molecule is CN=C(N)NCCCC1NC(CNC(=O)c2ccc3ccccc3c2)CCN(Cc2cc(F)cc(Cl)c2)C1=O. The minimum atomic E-state index is -0.472. The Kier molecular flexibility index (Phi) is 9.73. The van der Waals surface area contributed by atoms with Gasteiger partial charge in [-0.2, -0.15) is 0 Å². The number of guanidine groups is 1. The molecule has 0 bridgehead atoms. The van der Waals surface area contributed by atoms with E-state index < -0.39 is 11.9 Å². The second-order valence-electron chi connectivity index (χ2n) is 9.69. The zero-order valence-electron chi connectivity index (χ0n) is 21.9. The number of hydrogen-bond acceptors (Lipinski definition) is 4. The molecule has 2 amide bonds. The summed E-state index contributed by atoms with van der Waals surface area (Å²) in [6.07, 6.45) is 1.85. The van der Waals surface area contributed by atoms with Crippen LogP contribution in [0.5, 0.6) is 0 Å². The molecule has 2 atom stereocenters. The van der Waals surface area contributed by atoms with Gasteiger partial charge in [-0.3, -0.25) is 14.6 Å². The van der Waals surface area contributed by atoms with Crippen molar-refractivity contribution in [3.05, 3.63) is 82.6 Å². The van der Waals surface area contributed by atoms with Gasteiger partial charge in [0, 0.05) is 49.9 Å². The van der Waals surface area contributed by atoms with Crippen molar-refractivity contribution >= 4 is 40.1 Å². The van der Waals surface area contributed by atoms with Crippen LogP contribution in [-0.2, 0) is 11.3 Å². The number of amides is 2. The standard InChI is InChI=1S/C29H34ClFN6O2/c1-33-29(32)34-11-4-7-26-28(39)37(18-19-13-23(30)16-24(31)14-19)12-10-25(36-26)17-35-27(38)22-9-8-20-5-2-3-6-21(20)15-22/h2-3,5-6,8-9,13-16,25-26,36H,4,7,10-12,17-18H2,1H3,(H,35,38)(H3,32,33,34). The first-order valence-corrected chi connectivity index (χ1v) is 13.4. The van der Waals surface area contributed by atoms with Crippen molar-refractivity contribution in [1.29, 1.82) is 0 Å². The summed E-state index contributed by atoms with van der Waals surface area (Å²) in [4.78, 5) is 32.1. The predicted octanol–water partition coefficient (Wildman–Crippen LogP) is 3.44. The summed E-state index contributed by atoms with van der Waals surface area (Å²) < 4.78 is 13.9. The summed E-state index contributed by atoms with van der Waals surface area (Å²) in [5.41, 5.74) is 6.92. The van der Waals surface area contributed by atoms with Crippen molar-refractivity contribution in [1.82, 2.24) is 20.9 Å². The quantitative estimate of drug-likeness (QED) is 0.185. The molecule has 0 spiro atoms. The van der Waals surface area contributed by atoms with Crippen LogP contribution in [0.2, 0.25) is 5.02 Å². The van der Waals surface area contributed by atoms with E-state index in [0.717, 1.165) is 10.8 Å². The lowest BCUT2D eigenvalue weighted by Crippen LogP contribution is -2.49. The molecule has 1 saturated heterocycles. The highest BCUT2D eigenvalue weighted by atomic mass is 35.5. The molecule has 1 aliphatic heterocycles. The summed E-state index contributed by atoms with van der Waals surface area (Å²) in [6, 6.07) is 17.2. The van der Waals surface area contributed by atoms with Gasteiger partial charge in [0.2, 0.25) is 5.91 Å². The van der Waals surface area contributed by atoms with Gasteiger partial charge in [0.1, 0.15) is 5.82 Å². The average Bonchev–Trinajstić information content (AvgIpc) is 3.07. The fourth-order valence-electron chi connectivity index (χ4n) is 4.78. The Labute approximate surface area is 232 Å². The molecule has 10 heteroatoms. The normalized spacial score (nSPS) is 18.2. The highest BCUT2D eigenvalue weighted by Crippen LogP contribution is 2.19. The van der Waals surface area contributed by atoms with E-state index in [-0.39, 0.29) is 29.4 Å². The van der Waals surface area contributed by atoms with E-state index in [1.165, 1.54) is 12.1 Å². The Hall–Kier alpha value is -3.69. The molecule has 8 nitrogen and oxygen atoms in total. The molecule has 0 aromatic heterocycles. The number of benzene rings is 3. The number of halogens is 2. The van der Waals surface area contributed by atoms with Crippen LogP contribution in [0.4, 0.5) is 4.39 Å². The molecular formula is C29H34ClFN6O2. The minimum Gasteiger partial charge on any atom is -0.370 e. The molecule has 0 saturated carbocycles. The van der Waals surface area contributed by atoms with Gasteiger partial charge < -0.3 is 26.6 Å². The van der Waals surface area contributed by atoms with Gasteiger partial charge in [-0.05, 0) is 65.9 Å². The molecule has 1 heterocycles. The molecule has 0 aliphatic carbocycles. The maximum Gasteiger partial charge on any atom is 0.251 e. The van der Waals surface area contributed by atoms with Gasteiger partial charge in [-0.25, -0.2) is 4.39 Å². The maximum absolute atomic E-state index is 13.9. The molecule has 206 valence electrons. The molecule has 4 rings (SSSR count). The third-order valence-electron chi connectivity index (χ3n) is 6.83. The number of nitrogens with one attached hydrogen (secondary N) is 3. The summed E-state index contributed by atoms with van der Waals surface area (Å²) >= 11 is 6.04. The highest BCUT2D eigenvalue weighted by Gasteiger charge is 2.31. The van der Waals surface area contributed by atoms with Crippen LogP contribution >= 0.6 is 11.6 Å². The molecule has 3 aromatic carbocycles. The van der Waals surface area contributed by atoms with E-state index in [2.05, 4.69) is 20.9 Å². The zero-order chi connectivity index (χ0) is 27.8. The van der Waals surface area contributed by atoms with Crippen LogP contribution in [0.15, 0.2) is 65.7 Å². The van der Waals surface area contributed by atoms with Gasteiger partial charge in [0.25, 0.3) is 5.91 Å². The van der Waals surface area contributed by atoms with Gasteiger partial charge in [-0.15, -0.1) is 0 Å². The third kappa shape index (κ3) is 7.91. The monoisotopic (exact) mass is 552 g/mol. The lowest BCUT2D eigenvalue weighted by atomic mass is 10.1. The predicted molar refractivity (Wildman–Crippen MR) is 153 cm³/mol. The van der Waals surface area contributed by atoms with Gasteiger partial charge >= 0.3 is 0 Å². The van der Waals surface area contributed by atoms with Crippen LogP contribution in [-0.4, -0.2) is 61.4 Å². The molecule has 39 heavy (non-hydrogen) atoms. The summed E-state index contributed by atoms with van der Waals surface area (Å²) in [5, 5.41) is 11.8. The summed E-state index contributed by atoms with van der Waals surface area (Å²) in [5.74, 6) is -0.339. The van der Waals surface area contributed by atoms with E-state index >= 15 is 0 Å². The summed E-state index contributed by atoms with van der Waals surface area (Å²) in [6.45, 7) is 1.64. The van der Waals surface area contributed by atoms with E-state index in [1.807, 2.05) is 42.5 Å². The Morgan fingerprint density at radius 3 is 2.72 bits per heavy atom. The fraction of sp³-hybridized carbons (Fsp3) is 0.345. The Morgan fingerprint density at radius 1 is 1.15 bits per heavy atom. The van der Waals surface area contributed by atoms with Crippen LogP contribution in [0, 0.1) is 5.82 Å². The van der Waals surface area contributed by atoms with Crippen molar-refractivity contribution < 1.29 is 14.0 Å². The third-order valence-corrected chi connectivity index (χ3v) is 7.05. The molecule has 1 aliphatic rings. The van der Waals surface area contributed by atoms with Crippen molar-refractivity contribution in [2.24, 2.45) is 10.7 Å². The van der Waals surface area contributed by atoms with Gasteiger partial charge in [0.15, 0.2) is 5.96 Å². The first-order chi connectivity index (χ1) is 18.8. The number of aliphatic imine (C=N–C) groups is 1. The molecule has 2 unspecified atom stereocenters. The minimum absolute atomic E-state index is 0.0733. The second kappa shape index (κ2) is 13.4. The van der Waals surface area contributed by atoms with Crippen LogP contribution in [0.1, 0.15) is 35.2 Å². The van der Waals surface area contributed by atoms with Crippen LogP contribution in [0.25, 0.3) is 10.8 Å². The number of fused-ring (bicyclic) bond motifs is 1. The summed E-state index contributed by atoms with van der Waals surface area (Å²) in [7, 11) is 1.60. The maximum atomic E-state index is 13.9. The van der Waals surface area contributed by atoms with Gasteiger partial charge in [0.05, 0.1) is 6.04 Å². The zero-order valence-corrected chi connectivity index (χ0v) is 22.7. The topological polar surface area (TPSA) is 112 Å². The van der Waals surface area contributed by atoms with Gasteiger partial charge in [-0.1, -0.05) is 41.9 Å². The Morgan fingerprint density at radius 2 is 1.95 bits per heavy atom. The largest absolute Gasteiger partial charge is 0.370 e. The smallest absolute Gasteiger partial charge is 0.251 e. The Balaban J connectivity index is 1.43. The van der Waals surface area contributed by atoms with E-state index in [0.29, 0.717) is 56.0 Å². The number of carbonyl (C=O) groups excluding carboxylic acids is 2. The lowest BCUT2D eigenvalue weighted by Gasteiger charge is -2.25. The van der Waals surface area contributed by atoms with Crippen molar-refractivity contribution in [2.75, 3.05) is 26.7 Å². The fourth-order valence-corrected chi connectivity index (χ4v) is 5.02. The molecule has 5 N–H and O–H groups in total. The highest BCUT2D eigenvalue weighted by molar-refractivity contribution is 6.30. The second-order valence-corrected chi connectivity index (χ2v) is 10.1. The van der Waals surface area contributed by atoms with E-state index in [4.69, 9.17) is 17.3 Å². The first kappa shape index (κ1) is 28.3. The van der Waals surface area contributed by atoms with E-state index in [1.54, 1.807) is 18.0 Å². The average molecular weight is 553 g/mol. The molecule has 3 aromatic rings. The van der Waals surface area contributed by atoms with Crippen LogP contribution in [0.3, 0.4) is 0 Å².